The van der Waals surface area contributed by atoms with Crippen molar-refractivity contribution < 1.29 is 27.9 Å². The maximum Gasteiger partial charge on any atom is 0.471 e. The Morgan fingerprint density at radius 1 is 1.12 bits per heavy atom. The number of amides is 2. The standard InChI is InChI=1S/C16H25F3N2O3/c17-16(18,19)14(24)21-8-4-12(5-9-21)13(23)20-10-15(11-22)6-2-1-3-7-15/h12,22H,1-11H2,(H,20,23). The summed E-state index contributed by atoms with van der Waals surface area (Å²) in [4.78, 5) is 24.2. The summed E-state index contributed by atoms with van der Waals surface area (Å²) in [6, 6.07) is 0. The van der Waals surface area contributed by atoms with E-state index < -0.39 is 12.1 Å². The summed E-state index contributed by atoms with van der Waals surface area (Å²) < 4.78 is 37.2. The molecule has 1 heterocycles. The molecule has 1 saturated carbocycles. The molecule has 2 aliphatic rings. The largest absolute Gasteiger partial charge is 0.471 e. The lowest BCUT2D eigenvalue weighted by Crippen LogP contribution is -2.49. The minimum Gasteiger partial charge on any atom is -0.396 e. The Morgan fingerprint density at radius 2 is 1.71 bits per heavy atom. The topological polar surface area (TPSA) is 69.6 Å². The van der Waals surface area contributed by atoms with Gasteiger partial charge in [0.1, 0.15) is 0 Å². The van der Waals surface area contributed by atoms with Crippen LogP contribution in [-0.2, 0) is 9.59 Å². The van der Waals surface area contributed by atoms with Crippen LogP contribution >= 0.6 is 0 Å². The third-order valence-corrected chi connectivity index (χ3v) is 5.28. The van der Waals surface area contributed by atoms with Gasteiger partial charge in [0.05, 0.1) is 6.61 Å². The van der Waals surface area contributed by atoms with Gasteiger partial charge in [-0.2, -0.15) is 13.2 Å². The van der Waals surface area contributed by atoms with Crippen LogP contribution in [-0.4, -0.2) is 54.2 Å². The molecule has 138 valence electrons. The lowest BCUT2D eigenvalue weighted by molar-refractivity contribution is -0.186. The maximum absolute atomic E-state index is 12.4. The highest BCUT2D eigenvalue weighted by Crippen LogP contribution is 2.35. The van der Waals surface area contributed by atoms with Crippen molar-refractivity contribution in [1.29, 1.82) is 0 Å². The molecule has 2 N–H and O–H groups in total. The molecule has 24 heavy (non-hydrogen) atoms. The number of aliphatic hydroxyl groups excluding tert-OH is 1. The summed E-state index contributed by atoms with van der Waals surface area (Å²) in [5.41, 5.74) is -0.263. The fourth-order valence-electron chi connectivity index (χ4n) is 3.64. The number of carbonyl (C=O) groups excluding carboxylic acids is 2. The van der Waals surface area contributed by atoms with Gasteiger partial charge < -0.3 is 15.3 Å². The van der Waals surface area contributed by atoms with E-state index in [0.29, 0.717) is 6.54 Å². The first-order valence-electron chi connectivity index (χ1n) is 8.52. The summed E-state index contributed by atoms with van der Waals surface area (Å²) in [5, 5.41) is 12.5. The minimum absolute atomic E-state index is 0.0335. The molecule has 1 aliphatic carbocycles. The molecule has 1 saturated heterocycles. The highest BCUT2D eigenvalue weighted by molar-refractivity contribution is 5.83. The van der Waals surface area contributed by atoms with Gasteiger partial charge in [-0.1, -0.05) is 19.3 Å². The number of hydrogen-bond donors (Lipinski definition) is 2. The number of carbonyl (C=O) groups is 2. The summed E-state index contributed by atoms with van der Waals surface area (Å²) >= 11 is 0. The van der Waals surface area contributed by atoms with E-state index in [-0.39, 0.29) is 49.8 Å². The zero-order valence-corrected chi connectivity index (χ0v) is 13.7. The van der Waals surface area contributed by atoms with Crippen LogP contribution in [0.15, 0.2) is 0 Å². The van der Waals surface area contributed by atoms with Crippen LogP contribution in [0.5, 0.6) is 0 Å². The Hall–Kier alpha value is -1.31. The van der Waals surface area contributed by atoms with E-state index in [4.69, 9.17) is 0 Å². The number of likely N-dealkylation sites (tertiary alicyclic amines) is 1. The molecule has 8 heteroatoms. The average molecular weight is 350 g/mol. The molecule has 2 fully saturated rings. The molecule has 1 aliphatic heterocycles. The molecule has 2 amide bonds. The summed E-state index contributed by atoms with van der Waals surface area (Å²) in [6.45, 7) is 0.332. The second-order valence-electron chi connectivity index (χ2n) is 7.00. The van der Waals surface area contributed by atoms with Gasteiger partial charge in [-0.05, 0) is 25.7 Å². The molecule has 0 bridgehead atoms. The van der Waals surface area contributed by atoms with E-state index in [2.05, 4.69) is 5.32 Å². The van der Waals surface area contributed by atoms with E-state index >= 15 is 0 Å². The molecule has 0 atom stereocenters. The first-order valence-corrected chi connectivity index (χ1v) is 8.52. The average Bonchev–Trinajstić information content (AvgIpc) is 2.59. The van der Waals surface area contributed by atoms with Crippen LogP contribution in [0.2, 0.25) is 0 Å². The van der Waals surface area contributed by atoms with Gasteiger partial charge in [0.15, 0.2) is 0 Å². The Kier molecular flexibility index (Phi) is 6.11. The number of rotatable bonds is 4. The van der Waals surface area contributed by atoms with Crippen LogP contribution in [0.3, 0.4) is 0 Å². The van der Waals surface area contributed by atoms with Gasteiger partial charge in [-0.25, -0.2) is 0 Å². The van der Waals surface area contributed by atoms with Crippen molar-refractivity contribution >= 4 is 11.8 Å². The van der Waals surface area contributed by atoms with Gasteiger partial charge in [-0.3, -0.25) is 9.59 Å². The fourth-order valence-corrected chi connectivity index (χ4v) is 3.64. The lowest BCUT2D eigenvalue weighted by atomic mass is 9.74. The zero-order chi connectivity index (χ0) is 17.8. The van der Waals surface area contributed by atoms with Crippen molar-refractivity contribution in [3.63, 3.8) is 0 Å². The molecule has 0 aromatic heterocycles. The van der Waals surface area contributed by atoms with Crippen molar-refractivity contribution in [3.05, 3.63) is 0 Å². The molecule has 0 aromatic carbocycles. The number of hydrogen-bond acceptors (Lipinski definition) is 3. The molecule has 5 nitrogen and oxygen atoms in total. The summed E-state index contributed by atoms with van der Waals surface area (Å²) in [6.07, 6.45) is 0.581. The highest BCUT2D eigenvalue weighted by atomic mass is 19.4. The fraction of sp³-hybridized carbons (Fsp3) is 0.875. The maximum atomic E-state index is 12.4. The van der Waals surface area contributed by atoms with Crippen molar-refractivity contribution in [2.45, 2.75) is 51.1 Å². The zero-order valence-electron chi connectivity index (χ0n) is 13.7. The quantitative estimate of drug-likeness (QED) is 0.813. The number of nitrogens with zero attached hydrogens (tertiary/aromatic N) is 1. The Morgan fingerprint density at radius 3 is 2.21 bits per heavy atom. The second kappa shape index (κ2) is 7.72. The highest BCUT2D eigenvalue weighted by Gasteiger charge is 2.43. The van der Waals surface area contributed by atoms with Gasteiger partial charge in [0.2, 0.25) is 5.91 Å². The number of piperidine rings is 1. The van der Waals surface area contributed by atoms with Crippen LogP contribution in [0.1, 0.15) is 44.9 Å². The number of alkyl halides is 3. The molecule has 2 rings (SSSR count). The van der Waals surface area contributed by atoms with E-state index in [0.717, 1.165) is 37.0 Å². The van der Waals surface area contributed by atoms with Gasteiger partial charge in [-0.15, -0.1) is 0 Å². The molecule has 0 aromatic rings. The van der Waals surface area contributed by atoms with E-state index in [1.165, 1.54) is 0 Å². The SMILES string of the molecule is O=C(NCC1(CO)CCCCC1)C1CCN(C(=O)C(F)(F)F)CC1. The van der Waals surface area contributed by atoms with E-state index in [1.807, 2.05) is 0 Å². The van der Waals surface area contributed by atoms with Crippen molar-refractivity contribution in [2.24, 2.45) is 11.3 Å². The van der Waals surface area contributed by atoms with Gasteiger partial charge in [0.25, 0.3) is 0 Å². The van der Waals surface area contributed by atoms with Crippen molar-refractivity contribution in [1.82, 2.24) is 10.2 Å². The third-order valence-electron chi connectivity index (χ3n) is 5.28. The number of halogens is 3. The van der Waals surface area contributed by atoms with Crippen molar-refractivity contribution in [2.75, 3.05) is 26.2 Å². The number of aliphatic hydroxyl groups is 1. The second-order valence-corrected chi connectivity index (χ2v) is 7.00. The molecular formula is C16H25F3N2O3. The Bertz CT molecular complexity index is 454. The first-order chi connectivity index (χ1) is 11.3. The van der Waals surface area contributed by atoms with Crippen LogP contribution in [0.25, 0.3) is 0 Å². The monoisotopic (exact) mass is 350 g/mol. The number of nitrogens with one attached hydrogen (secondary N) is 1. The van der Waals surface area contributed by atoms with Gasteiger partial charge >= 0.3 is 12.1 Å². The molecule has 0 radical (unpaired) electrons. The van der Waals surface area contributed by atoms with Crippen LogP contribution < -0.4 is 5.32 Å². The molecular weight excluding hydrogens is 325 g/mol. The smallest absolute Gasteiger partial charge is 0.396 e. The predicted octanol–water partition coefficient (Wildman–Crippen LogP) is 1.85. The molecule has 0 spiro atoms. The van der Waals surface area contributed by atoms with Gasteiger partial charge in [0, 0.05) is 31.0 Å². The van der Waals surface area contributed by atoms with Crippen LogP contribution in [0, 0.1) is 11.3 Å². The lowest BCUT2D eigenvalue weighted by Gasteiger charge is -2.37. The molecule has 0 unspecified atom stereocenters. The van der Waals surface area contributed by atoms with E-state index in [1.54, 1.807) is 0 Å². The third kappa shape index (κ3) is 4.62. The normalized spacial score (nSPS) is 22.2. The van der Waals surface area contributed by atoms with Crippen LogP contribution in [0.4, 0.5) is 13.2 Å². The Labute approximate surface area is 139 Å². The summed E-state index contributed by atoms with van der Waals surface area (Å²) in [5.74, 6) is -2.39. The predicted molar refractivity (Wildman–Crippen MR) is 81.0 cm³/mol. The van der Waals surface area contributed by atoms with E-state index in [9.17, 15) is 27.9 Å². The summed E-state index contributed by atoms with van der Waals surface area (Å²) in [7, 11) is 0. The minimum atomic E-state index is -4.86. The van der Waals surface area contributed by atoms with Crippen molar-refractivity contribution in [3.8, 4) is 0 Å². The Balaban J connectivity index is 1.79. The first kappa shape index (κ1) is 19.0.